The lowest BCUT2D eigenvalue weighted by Gasteiger charge is -2.44. The molecule has 5 amide bonds. The molecule has 1 aromatic heterocycles. The Morgan fingerprint density at radius 3 is 2.27 bits per heavy atom. The van der Waals surface area contributed by atoms with E-state index in [0.717, 1.165) is 28.3 Å². The Morgan fingerprint density at radius 1 is 0.945 bits per heavy atom. The van der Waals surface area contributed by atoms with E-state index in [0.29, 0.717) is 35.3 Å². The second-order valence-electron chi connectivity index (χ2n) is 19.0. The number of alkyl halides is 1. The maximum atomic E-state index is 14.9. The Kier molecular flexibility index (Phi) is 19.7. The van der Waals surface area contributed by atoms with Crippen LogP contribution in [0.1, 0.15) is 80.4 Å². The lowest BCUT2D eigenvalue weighted by Crippen LogP contribution is -2.65. The number of amides is 5. The van der Waals surface area contributed by atoms with Crippen LogP contribution >= 0.6 is 33.9 Å². The maximum Gasteiger partial charge on any atom is 0.277 e. The zero-order valence-corrected chi connectivity index (χ0v) is 43.9. The zero-order chi connectivity index (χ0) is 53.1. The molecule has 1 saturated heterocycles. The smallest absolute Gasteiger partial charge is 0.277 e. The number of rotatable bonds is 26. The molecule has 3 aromatic carbocycles. The third-order valence-corrected chi connectivity index (χ3v) is 14.2. The fourth-order valence-corrected chi connectivity index (χ4v) is 9.74. The van der Waals surface area contributed by atoms with Crippen molar-refractivity contribution in [1.29, 1.82) is 0 Å². The van der Waals surface area contributed by atoms with E-state index >= 15 is 0 Å². The number of carbonyl (C=O) groups is 5. The summed E-state index contributed by atoms with van der Waals surface area (Å²) in [7, 11) is 0. The number of hydroxylamine groups is 1. The molecule has 1 aliphatic heterocycles. The molecule has 17 nitrogen and oxygen atoms in total. The first-order chi connectivity index (χ1) is 34.7. The summed E-state index contributed by atoms with van der Waals surface area (Å²) >= 11 is 3.35. The molecule has 6 rings (SSSR count). The standard InChI is InChI=1S/C50H61F4IN8O9S/c1-29-42(73-28-59-29)31-8-6-30(7-9-31)35(50(46(56)68)26-33(64)27-63(50)45(67)43(48(2,3)4)61-47(69)49(54)14-15-49)25-39(65)58-18-21-71-23-22-70-20-17-57-16-5-19-72-62-44(66)34-11-12-36(51)40(53)41(34)60-38-13-10-32(55)24-37(38)52/h6-13,24,28,33,35,43,57,60,64H,5,14-23,25-27H2,1-4H3,(H2,56,68)(H,58,65)(H,61,69)(H,62,66)/t33?,35-,43?,50?/m0/s1. The highest BCUT2D eigenvalue weighted by molar-refractivity contribution is 14.1. The van der Waals surface area contributed by atoms with Crippen LogP contribution in [0.25, 0.3) is 10.4 Å². The van der Waals surface area contributed by atoms with Crippen molar-refractivity contribution in [3.63, 3.8) is 0 Å². The van der Waals surface area contributed by atoms with Crippen LogP contribution in [0.4, 0.5) is 28.9 Å². The summed E-state index contributed by atoms with van der Waals surface area (Å²) in [6.45, 7) is 8.68. The molecule has 0 spiro atoms. The third kappa shape index (κ3) is 14.5. The summed E-state index contributed by atoms with van der Waals surface area (Å²) in [5.41, 5.74) is 6.33. The summed E-state index contributed by atoms with van der Waals surface area (Å²) in [5, 5.41) is 22.2. The number of aliphatic hydroxyl groups is 1. The van der Waals surface area contributed by atoms with Crippen molar-refractivity contribution in [2.45, 2.75) is 89.1 Å². The van der Waals surface area contributed by atoms with Crippen LogP contribution < -0.4 is 32.5 Å². The van der Waals surface area contributed by atoms with E-state index in [2.05, 4.69) is 31.7 Å². The minimum Gasteiger partial charge on any atom is -0.391 e. The number of anilines is 2. The summed E-state index contributed by atoms with van der Waals surface area (Å²) < 4.78 is 69.9. The number of hydrogen-bond acceptors (Lipinski definition) is 13. The monoisotopic (exact) mass is 1150 g/mol. The van der Waals surface area contributed by atoms with Gasteiger partial charge < -0.3 is 46.5 Å². The van der Waals surface area contributed by atoms with Crippen LogP contribution in [0, 0.1) is 33.4 Å². The molecule has 2 fully saturated rings. The average molecular weight is 1150 g/mol. The minimum absolute atomic E-state index is 0.0214. The second-order valence-corrected chi connectivity index (χ2v) is 21.1. The molecule has 23 heteroatoms. The quantitative estimate of drug-likeness (QED) is 0.0174. The number of thiazole rings is 1. The van der Waals surface area contributed by atoms with Gasteiger partial charge in [0.05, 0.1) is 72.2 Å². The van der Waals surface area contributed by atoms with Gasteiger partial charge >= 0.3 is 0 Å². The van der Waals surface area contributed by atoms with Crippen LogP contribution in [-0.4, -0.2) is 127 Å². The molecule has 396 valence electrons. The lowest BCUT2D eigenvalue weighted by molar-refractivity contribution is -0.151. The molecule has 1 saturated carbocycles. The molecule has 2 heterocycles. The van der Waals surface area contributed by atoms with Gasteiger partial charge in [-0.15, -0.1) is 11.3 Å². The molecule has 2 aliphatic rings. The first kappa shape index (κ1) is 57.0. The van der Waals surface area contributed by atoms with Crippen LogP contribution in [0.3, 0.4) is 0 Å². The molecule has 8 N–H and O–H groups in total. The number of nitrogens with zero attached hydrogens (tertiary/aromatic N) is 2. The largest absolute Gasteiger partial charge is 0.391 e. The van der Waals surface area contributed by atoms with E-state index in [1.165, 1.54) is 28.4 Å². The van der Waals surface area contributed by atoms with E-state index < -0.39 is 87.4 Å². The van der Waals surface area contributed by atoms with Gasteiger partial charge in [-0.3, -0.25) is 28.8 Å². The van der Waals surface area contributed by atoms with Gasteiger partial charge in [-0.05, 0) is 102 Å². The van der Waals surface area contributed by atoms with Gasteiger partial charge in [0, 0.05) is 42.0 Å². The van der Waals surface area contributed by atoms with Crippen LogP contribution in [0.15, 0.2) is 60.1 Å². The van der Waals surface area contributed by atoms with Gasteiger partial charge in [-0.2, -0.15) is 0 Å². The number of nitrogens with one attached hydrogen (secondary N) is 5. The Morgan fingerprint density at radius 2 is 1.64 bits per heavy atom. The Bertz CT molecular complexity index is 2600. The summed E-state index contributed by atoms with van der Waals surface area (Å²) in [5.74, 6) is -8.35. The number of carbonyl (C=O) groups excluding carboxylic acids is 5. The Labute approximate surface area is 438 Å². The maximum absolute atomic E-state index is 14.9. The number of halogens is 5. The third-order valence-electron chi connectivity index (χ3n) is 12.5. The number of primary amides is 1. The number of aromatic nitrogens is 1. The number of β-amino-alcohol motifs (C(OH)–C–C–N with tert-alkyl or cyclic N) is 1. The number of hydrogen-bond donors (Lipinski definition) is 7. The van der Waals surface area contributed by atoms with Crippen molar-refractivity contribution in [2.24, 2.45) is 11.1 Å². The molecule has 73 heavy (non-hydrogen) atoms. The van der Waals surface area contributed by atoms with Gasteiger partial charge in [-0.1, -0.05) is 45.0 Å². The molecular weight excluding hydrogens is 1090 g/mol. The fraction of sp³-hybridized carbons (Fsp3) is 0.480. The van der Waals surface area contributed by atoms with Gasteiger partial charge in [-0.25, -0.2) is 28.0 Å². The molecule has 3 unspecified atom stereocenters. The number of ether oxygens (including phenoxy) is 2. The fourth-order valence-electron chi connectivity index (χ4n) is 8.48. The van der Waals surface area contributed by atoms with Crippen molar-refractivity contribution >= 4 is 74.8 Å². The normalized spacial score (nSPS) is 17.9. The molecule has 0 radical (unpaired) electrons. The van der Waals surface area contributed by atoms with Gasteiger partial charge in [0.25, 0.3) is 11.8 Å². The Balaban J connectivity index is 0.947. The number of benzene rings is 3. The summed E-state index contributed by atoms with van der Waals surface area (Å²) in [6, 6.07) is 11.8. The van der Waals surface area contributed by atoms with E-state index in [9.17, 15) is 46.6 Å². The van der Waals surface area contributed by atoms with Crippen molar-refractivity contribution in [2.75, 3.05) is 64.5 Å². The highest BCUT2D eigenvalue weighted by atomic mass is 127. The van der Waals surface area contributed by atoms with E-state index in [4.69, 9.17) is 20.0 Å². The van der Waals surface area contributed by atoms with Gasteiger partial charge in [0.1, 0.15) is 17.4 Å². The molecule has 1 aliphatic carbocycles. The van der Waals surface area contributed by atoms with Crippen LogP contribution in [-0.2, 0) is 33.5 Å². The number of nitrogens with two attached hydrogens (primary N) is 1. The van der Waals surface area contributed by atoms with Gasteiger partial charge in [0.2, 0.25) is 17.7 Å². The van der Waals surface area contributed by atoms with E-state index in [1.807, 2.05) is 41.6 Å². The van der Waals surface area contributed by atoms with Crippen LogP contribution in [0.5, 0.6) is 0 Å². The Hall–Kier alpha value is -5.31. The molecule has 0 bridgehead atoms. The predicted octanol–water partition coefficient (Wildman–Crippen LogP) is 5.70. The SMILES string of the molecule is Cc1ncsc1-c1ccc([C@H](CC(=O)NCCOCCOCCNCCCONC(=O)c2ccc(F)c(F)c2Nc2ccc(I)cc2F)C2(C(N)=O)CC(O)CN2C(=O)C(NC(=O)C2(F)CC2)C(C)(C)C)cc1. The van der Waals surface area contributed by atoms with Crippen LogP contribution in [0.2, 0.25) is 0 Å². The summed E-state index contributed by atoms with van der Waals surface area (Å²) in [4.78, 5) is 79.8. The number of likely N-dealkylation sites (tertiary alicyclic amines) is 1. The van der Waals surface area contributed by atoms with Crippen molar-refractivity contribution in [1.82, 2.24) is 31.3 Å². The zero-order valence-electron chi connectivity index (χ0n) is 40.9. The van der Waals surface area contributed by atoms with E-state index in [1.54, 1.807) is 44.5 Å². The average Bonchev–Trinajstić information content (AvgIpc) is 3.78. The first-order valence-corrected chi connectivity index (χ1v) is 25.7. The topological polar surface area (TPSA) is 236 Å². The highest BCUT2D eigenvalue weighted by Gasteiger charge is 2.60. The highest BCUT2D eigenvalue weighted by Crippen LogP contribution is 2.46. The predicted molar refractivity (Wildman–Crippen MR) is 273 cm³/mol. The van der Waals surface area contributed by atoms with Gasteiger partial charge in [0.15, 0.2) is 17.3 Å². The molecular formula is C50H61F4IN8O9S. The van der Waals surface area contributed by atoms with Crippen molar-refractivity contribution in [3.8, 4) is 10.4 Å². The van der Waals surface area contributed by atoms with Crippen molar-refractivity contribution in [3.05, 3.63) is 98.0 Å². The minimum atomic E-state index is -2.09. The van der Waals surface area contributed by atoms with Crippen molar-refractivity contribution < 1.29 is 61.0 Å². The first-order valence-electron chi connectivity index (χ1n) is 23.7. The lowest BCUT2D eigenvalue weighted by atomic mass is 9.73. The number of aryl methyl sites for hydroxylation is 1. The molecule has 4 aromatic rings. The number of aliphatic hydroxyl groups excluding tert-OH is 1. The molecule has 4 atom stereocenters. The van der Waals surface area contributed by atoms with E-state index in [-0.39, 0.29) is 76.5 Å². The second kappa shape index (κ2) is 25.3. The summed E-state index contributed by atoms with van der Waals surface area (Å²) in [6.07, 6.45) is -1.33.